The van der Waals surface area contributed by atoms with Crippen LogP contribution in [-0.4, -0.2) is 19.3 Å². The van der Waals surface area contributed by atoms with Crippen molar-refractivity contribution in [2.24, 2.45) is 5.92 Å². The van der Waals surface area contributed by atoms with Crippen molar-refractivity contribution in [1.29, 1.82) is 5.26 Å². The highest BCUT2D eigenvalue weighted by atomic mass is 16.5. The minimum absolute atomic E-state index is 0.300. The molecule has 1 aliphatic rings. The molecule has 1 aliphatic heterocycles. The average Bonchev–Trinajstić information content (AvgIpc) is 2.85. The summed E-state index contributed by atoms with van der Waals surface area (Å²) in [5.74, 6) is 0.514. The number of nitriles is 1. The van der Waals surface area contributed by atoms with Gasteiger partial charge in [-0.15, -0.1) is 0 Å². The maximum absolute atomic E-state index is 8.91. The number of rotatable bonds is 3. The van der Waals surface area contributed by atoms with E-state index in [9.17, 15) is 0 Å². The van der Waals surface area contributed by atoms with Crippen LogP contribution in [0.1, 0.15) is 18.9 Å². The van der Waals surface area contributed by atoms with Crippen molar-refractivity contribution < 1.29 is 4.74 Å². The summed E-state index contributed by atoms with van der Waals surface area (Å²) < 4.78 is 5.37. The second-order valence-corrected chi connectivity index (χ2v) is 4.44. The van der Waals surface area contributed by atoms with Crippen molar-refractivity contribution in [3.05, 3.63) is 23.8 Å². The van der Waals surface area contributed by atoms with Gasteiger partial charge in [0.05, 0.1) is 23.5 Å². The van der Waals surface area contributed by atoms with Gasteiger partial charge < -0.3 is 15.8 Å². The Morgan fingerprint density at radius 3 is 3.06 bits per heavy atom. The van der Waals surface area contributed by atoms with Crippen molar-refractivity contribution in [3.8, 4) is 6.07 Å². The van der Waals surface area contributed by atoms with Gasteiger partial charge in [-0.2, -0.15) is 5.26 Å². The first kappa shape index (κ1) is 11.7. The zero-order valence-electron chi connectivity index (χ0n) is 9.94. The monoisotopic (exact) mass is 231 g/mol. The summed E-state index contributed by atoms with van der Waals surface area (Å²) in [6, 6.07) is 7.86. The summed E-state index contributed by atoms with van der Waals surface area (Å²) in [5.41, 5.74) is 7.81. The van der Waals surface area contributed by atoms with Crippen LogP contribution in [0.15, 0.2) is 18.2 Å². The Labute approximate surface area is 101 Å². The number of nitrogen functional groups attached to an aromatic ring is 1. The van der Waals surface area contributed by atoms with E-state index in [0.29, 0.717) is 23.2 Å². The van der Waals surface area contributed by atoms with Gasteiger partial charge in [-0.1, -0.05) is 6.07 Å². The van der Waals surface area contributed by atoms with Crippen molar-refractivity contribution in [2.45, 2.75) is 19.4 Å². The van der Waals surface area contributed by atoms with E-state index in [1.165, 1.54) is 0 Å². The molecule has 17 heavy (non-hydrogen) atoms. The molecular formula is C13H17N3O. The fourth-order valence-electron chi connectivity index (χ4n) is 2.10. The Bertz CT molecular complexity index is 433. The SMILES string of the molecule is CC(Nc1cccc(C#N)c1N)C1CCOC1. The Morgan fingerprint density at radius 1 is 1.59 bits per heavy atom. The molecule has 2 atom stereocenters. The summed E-state index contributed by atoms with van der Waals surface area (Å²) in [5, 5.41) is 12.3. The number of ether oxygens (including phenoxy) is 1. The molecule has 4 heteroatoms. The zero-order chi connectivity index (χ0) is 12.3. The summed E-state index contributed by atoms with van der Waals surface area (Å²) in [4.78, 5) is 0. The van der Waals surface area contributed by atoms with E-state index in [1.807, 2.05) is 12.1 Å². The summed E-state index contributed by atoms with van der Waals surface area (Å²) in [6.07, 6.45) is 1.08. The van der Waals surface area contributed by atoms with Crippen LogP contribution in [0.3, 0.4) is 0 Å². The third-order valence-electron chi connectivity index (χ3n) is 3.28. The van der Waals surface area contributed by atoms with Crippen molar-refractivity contribution in [3.63, 3.8) is 0 Å². The lowest BCUT2D eigenvalue weighted by atomic mass is 10.00. The molecule has 1 saturated heterocycles. The normalized spacial score (nSPS) is 20.8. The molecule has 0 spiro atoms. The quantitative estimate of drug-likeness (QED) is 0.780. The Hall–Kier alpha value is -1.73. The summed E-state index contributed by atoms with van der Waals surface area (Å²) >= 11 is 0. The molecule has 0 aromatic heterocycles. The van der Waals surface area contributed by atoms with E-state index in [2.05, 4.69) is 18.3 Å². The largest absolute Gasteiger partial charge is 0.396 e. The van der Waals surface area contributed by atoms with Gasteiger partial charge in [-0.3, -0.25) is 0 Å². The second-order valence-electron chi connectivity index (χ2n) is 4.44. The number of para-hydroxylation sites is 1. The standard InChI is InChI=1S/C13H17N3O/c1-9(11-5-6-17-8-11)16-12-4-2-3-10(7-14)13(12)15/h2-4,9,11,16H,5-6,8,15H2,1H3. The van der Waals surface area contributed by atoms with Crippen LogP contribution in [0, 0.1) is 17.2 Å². The molecule has 1 heterocycles. The fraction of sp³-hybridized carbons (Fsp3) is 0.462. The minimum Gasteiger partial charge on any atom is -0.396 e. The average molecular weight is 231 g/mol. The summed E-state index contributed by atoms with van der Waals surface area (Å²) in [6.45, 7) is 3.76. The predicted molar refractivity (Wildman–Crippen MR) is 67.6 cm³/mol. The Morgan fingerprint density at radius 2 is 2.41 bits per heavy atom. The number of benzene rings is 1. The van der Waals surface area contributed by atoms with E-state index in [-0.39, 0.29) is 0 Å². The van der Waals surface area contributed by atoms with Gasteiger partial charge in [0, 0.05) is 18.6 Å². The van der Waals surface area contributed by atoms with E-state index in [0.717, 1.165) is 25.3 Å². The molecular weight excluding hydrogens is 214 g/mol. The van der Waals surface area contributed by atoms with Gasteiger partial charge in [0.25, 0.3) is 0 Å². The molecule has 2 unspecified atom stereocenters. The molecule has 0 radical (unpaired) electrons. The number of nitrogens with one attached hydrogen (secondary N) is 1. The van der Waals surface area contributed by atoms with E-state index in [4.69, 9.17) is 15.7 Å². The molecule has 0 saturated carbocycles. The van der Waals surface area contributed by atoms with Gasteiger partial charge in [0.2, 0.25) is 0 Å². The number of nitrogens with zero attached hydrogens (tertiary/aromatic N) is 1. The molecule has 1 aromatic carbocycles. The first-order valence-corrected chi connectivity index (χ1v) is 5.85. The smallest absolute Gasteiger partial charge is 0.101 e. The predicted octanol–water partition coefficient (Wildman–Crippen LogP) is 1.98. The molecule has 0 aliphatic carbocycles. The maximum Gasteiger partial charge on any atom is 0.101 e. The van der Waals surface area contributed by atoms with Gasteiger partial charge in [0.1, 0.15) is 6.07 Å². The third-order valence-corrected chi connectivity index (χ3v) is 3.28. The van der Waals surface area contributed by atoms with Crippen LogP contribution < -0.4 is 11.1 Å². The third kappa shape index (κ3) is 2.51. The van der Waals surface area contributed by atoms with Gasteiger partial charge in [0.15, 0.2) is 0 Å². The number of hydrogen-bond donors (Lipinski definition) is 2. The van der Waals surface area contributed by atoms with Gasteiger partial charge >= 0.3 is 0 Å². The first-order chi connectivity index (χ1) is 8.22. The topological polar surface area (TPSA) is 71.1 Å². The van der Waals surface area contributed by atoms with Crippen LogP contribution in [0.25, 0.3) is 0 Å². The van der Waals surface area contributed by atoms with Crippen molar-refractivity contribution >= 4 is 11.4 Å². The van der Waals surface area contributed by atoms with Crippen LogP contribution in [0.5, 0.6) is 0 Å². The zero-order valence-corrected chi connectivity index (χ0v) is 9.94. The highest BCUT2D eigenvalue weighted by Crippen LogP contribution is 2.26. The van der Waals surface area contributed by atoms with Crippen molar-refractivity contribution in [2.75, 3.05) is 24.3 Å². The molecule has 4 nitrogen and oxygen atoms in total. The molecule has 1 fully saturated rings. The molecule has 90 valence electrons. The first-order valence-electron chi connectivity index (χ1n) is 5.85. The van der Waals surface area contributed by atoms with Gasteiger partial charge in [-0.25, -0.2) is 0 Å². The van der Waals surface area contributed by atoms with Crippen LogP contribution in [0.4, 0.5) is 11.4 Å². The lowest BCUT2D eigenvalue weighted by Crippen LogP contribution is -2.26. The Kier molecular flexibility index (Phi) is 3.50. The fourth-order valence-corrected chi connectivity index (χ4v) is 2.10. The maximum atomic E-state index is 8.91. The molecule has 0 bridgehead atoms. The highest BCUT2D eigenvalue weighted by molar-refractivity contribution is 5.73. The van der Waals surface area contributed by atoms with E-state index < -0.39 is 0 Å². The van der Waals surface area contributed by atoms with Crippen LogP contribution in [-0.2, 0) is 4.74 Å². The second kappa shape index (κ2) is 5.07. The van der Waals surface area contributed by atoms with E-state index >= 15 is 0 Å². The lowest BCUT2D eigenvalue weighted by molar-refractivity contribution is 0.183. The van der Waals surface area contributed by atoms with Gasteiger partial charge in [-0.05, 0) is 25.5 Å². The minimum atomic E-state index is 0.300. The molecule has 1 aromatic rings. The molecule has 3 N–H and O–H groups in total. The lowest BCUT2D eigenvalue weighted by Gasteiger charge is -2.21. The molecule has 2 rings (SSSR count). The van der Waals surface area contributed by atoms with Crippen LogP contribution in [0.2, 0.25) is 0 Å². The Balaban J connectivity index is 2.10. The van der Waals surface area contributed by atoms with Crippen LogP contribution >= 0.6 is 0 Å². The number of nitrogens with two attached hydrogens (primary N) is 1. The van der Waals surface area contributed by atoms with Crippen molar-refractivity contribution in [1.82, 2.24) is 0 Å². The number of anilines is 2. The molecule has 0 amide bonds. The van der Waals surface area contributed by atoms with E-state index in [1.54, 1.807) is 6.07 Å². The number of hydrogen-bond acceptors (Lipinski definition) is 4. The summed E-state index contributed by atoms with van der Waals surface area (Å²) in [7, 11) is 0. The highest BCUT2D eigenvalue weighted by Gasteiger charge is 2.22.